The minimum absolute atomic E-state index is 0.0337. The zero-order valence-electron chi connectivity index (χ0n) is 12.6. The molecule has 7 nitrogen and oxygen atoms in total. The molecule has 2 rings (SSSR count). The van der Waals surface area contributed by atoms with Crippen LogP contribution in [0.15, 0.2) is 69.3 Å². The van der Waals surface area contributed by atoms with Crippen LogP contribution in [0.5, 0.6) is 0 Å². The van der Waals surface area contributed by atoms with Crippen molar-refractivity contribution in [2.24, 2.45) is 0 Å². The van der Waals surface area contributed by atoms with Crippen LogP contribution in [0.3, 0.4) is 0 Å². The van der Waals surface area contributed by atoms with Crippen molar-refractivity contribution in [2.75, 3.05) is 0 Å². The summed E-state index contributed by atoms with van der Waals surface area (Å²) in [5.41, 5.74) is 0. The zero-order valence-corrected chi connectivity index (χ0v) is 14.2. The number of sulfonamides is 1. The minimum Gasteiger partial charge on any atom is -0.480 e. The summed E-state index contributed by atoms with van der Waals surface area (Å²) in [6.07, 6.45) is 0. The summed E-state index contributed by atoms with van der Waals surface area (Å²) >= 11 is 0. The molecule has 0 heterocycles. The van der Waals surface area contributed by atoms with Gasteiger partial charge in [-0.25, -0.2) is 16.8 Å². The highest BCUT2D eigenvalue weighted by Crippen LogP contribution is 2.23. The molecule has 0 unspecified atom stereocenters. The van der Waals surface area contributed by atoms with Gasteiger partial charge in [0.2, 0.25) is 19.9 Å². The largest absolute Gasteiger partial charge is 0.480 e. The molecule has 0 aliphatic rings. The van der Waals surface area contributed by atoms with Gasteiger partial charge in [0.1, 0.15) is 6.04 Å². The number of hydrogen-bond acceptors (Lipinski definition) is 5. The number of rotatable bonds is 6. The second-order valence-electron chi connectivity index (χ2n) is 4.97. The molecule has 0 aromatic heterocycles. The van der Waals surface area contributed by atoms with Crippen LogP contribution in [0.4, 0.5) is 0 Å². The van der Waals surface area contributed by atoms with Crippen LogP contribution in [-0.4, -0.2) is 34.0 Å². The van der Waals surface area contributed by atoms with E-state index in [1.54, 1.807) is 18.2 Å². The van der Waals surface area contributed by atoms with Crippen molar-refractivity contribution in [1.29, 1.82) is 0 Å². The van der Waals surface area contributed by atoms with E-state index in [4.69, 9.17) is 5.11 Å². The number of aliphatic carboxylic acids is 1. The monoisotopic (exact) mass is 369 g/mol. The summed E-state index contributed by atoms with van der Waals surface area (Å²) in [5.74, 6) is -1.34. The maximum atomic E-state index is 12.5. The van der Waals surface area contributed by atoms with Gasteiger partial charge in [0, 0.05) is 0 Å². The molecule has 0 aliphatic heterocycles. The number of carbonyl (C=O) groups is 1. The Labute approximate surface area is 139 Å². The van der Waals surface area contributed by atoms with Gasteiger partial charge >= 0.3 is 5.97 Å². The van der Waals surface area contributed by atoms with Crippen molar-refractivity contribution >= 4 is 25.8 Å². The molecule has 0 saturated heterocycles. The SMILES string of the molecule is C[C@@H](NS(=O)(=O)c1cccc(S(=O)(=O)c2ccccc2)c1)C(=O)O. The maximum Gasteiger partial charge on any atom is 0.321 e. The molecule has 0 amide bonds. The van der Waals surface area contributed by atoms with Crippen LogP contribution in [0.1, 0.15) is 6.92 Å². The quantitative estimate of drug-likeness (QED) is 0.792. The van der Waals surface area contributed by atoms with Crippen molar-refractivity contribution in [1.82, 2.24) is 4.72 Å². The van der Waals surface area contributed by atoms with E-state index in [-0.39, 0.29) is 14.7 Å². The fourth-order valence-electron chi connectivity index (χ4n) is 1.90. The minimum atomic E-state index is -4.16. The van der Waals surface area contributed by atoms with Crippen LogP contribution in [-0.2, 0) is 24.7 Å². The lowest BCUT2D eigenvalue weighted by Gasteiger charge is -2.11. The molecule has 24 heavy (non-hydrogen) atoms. The number of carboxylic acids is 1. The molecular formula is C15H15NO6S2. The Morgan fingerprint density at radius 1 is 0.917 bits per heavy atom. The molecule has 2 aromatic rings. The number of carboxylic acid groups (broad SMARTS) is 1. The van der Waals surface area contributed by atoms with E-state index in [0.29, 0.717) is 0 Å². The molecule has 0 saturated carbocycles. The molecule has 0 bridgehead atoms. The summed E-state index contributed by atoms with van der Waals surface area (Å²) < 4.78 is 51.4. The lowest BCUT2D eigenvalue weighted by atomic mass is 10.4. The Bertz CT molecular complexity index is 952. The van der Waals surface area contributed by atoms with E-state index in [2.05, 4.69) is 0 Å². The van der Waals surface area contributed by atoms with E-state index in [1.165, 1.54) is 37.3 Å². The fraction of sp³-hybridized carbons (Fsp3) is 0.133. The third kappa shape index (κ3) is 3.81. The van der Waals surface area contributed by atoms with Crippen molar-refractivity contribution in [2.45, 2.75) is 27.7 Å². The van der Waals surface area contributed by atoms with Crippen molar-refractivity contribution < 1.29 is 26.7 Å². The smallest absolute Gasteiger partial charge is 0.321 e. The average molecular weight is 369 g/mol. The Kier molecular flexibility index (Phi) is 5.07. The predicted octanol–water partition coefficient (Wildman–Crippen LogP) is 1.27. The molecular weight excluding hydrogens is 354 g/mol. The van der Waals surface area contributed by atoms with Crippen LogP contribution < -0.4 is 4.72 Å². The number of nitrogens with one attached hydrogen (secondary N) is 1. The third-order valence-electron chi connectivity index (χ3n) is 3.18. The second kappa shape index (κ2) is 6.71. The summed E-state index contributed by atoms with van der Waals surface area (Å²) in [7, 11) is -8.04. The summed E-state index contributed by atoms with van der Waals surface area (Å²) in [6, 6.07) is 11.0. The molecule has 1 atom stereocenters. The topological polar surface area (TPSA) is 118 Å². The van der Waals surface area contributed by atoms with Crippen molar-refractivity contribution in [3.63, 3.8) is 0 Å². The Morgan fingerprint density at radius 2 is 1.46 bits per heavy atom. The molecule has 2 aromatic carbocycles. The second-order valence-corrected chi connectivity index (χ2v) is 8.64. The summed E-state index contributed by atoms with van der Waals surface area (Å²) in [5, 5.41) is 8.80. The highest BCUT2D eigenvalue weighted by atomic mass is 32.2. The van der Waals surface area contributed by atoms with E-state index in [9.17, 15) is 21.6 Å². The van der Waals surface area contributed by atoms with Crippen LogP contribution in [0.2, 0.25) is 0 Å². The first kappa shape index (κ1) is 18.1. The Hall–Kier alpha value is -2.23. The Morgan fingerprint density at radius 3 is 2.04 bits per heavy atom. The lowest BCUT2D eigenvalue weighted by molar-refractivity contribution is -0.138. The van der Waals surface area contributed by atoms with E-state index < -0.39 is 31.9 Å². The van der Waals surface area contributed by atoms with Crippen molar-refractivity contribution in [3.8, 4) is 0 Å². The summed E-state index contributed by atoms with van der Waals surface area (Å²) in [4.78, 5) is 10.3. The molecule has 0 aliphatic carbocycles. The van der Waals surface area contributed by atoms with E-state index >= 15 is 0 Å². The fourth-order valence-corrected chi connectivity index (χ4v) is 4.54. The van der Waals surface area contributed by atoms with Gasteiger partial charge in [-0.1, -0.05) is 24.3 Å². The maximum absolute atomic E-state index is 12.5. The lowest BCUT2D eigenvalue weighted by Crippen LogP contribution is -2.38. The van der Waals surface area contributed by atoms with E-state index in [1.807, 2.05) is 4.72 Å². The van der Waals surface area contributed by atoms with Crippen LogP contribution in [0, 0.1) is 0 Å². The summed E-state index contributed by atoms with van der Waals surface area (Å²) in [6.45, 7) is 1.17. The van der Waals surface area contributed by atoms with Gasteiger partial charge in [-0.2, -0.15) is 4.72 Å². The molecule has 9 heteroatoms. The number of benzene rings is 2. The van der Waals surface area contributed by atoms with Crippen LogP contribution >= 0.6 is 0 Å². The first-order valence-electron chi connectivity index (χ1n) is 6.80. The Balaban J connectivity index is 2.45. The van der Waals surface area contributed by atoms with Gasteiger partial charge in [-0.3, -0.25) is 4.79 Å². The molecule has 128 valence electrons. The van der Waals surface area contributed by atoms with Crippen molar-refractivity contribution in [3.05, 3.63) is 54.6 Å². The number of hydrogen-bond donors (Lipinski definition) is 2. The van der Waals surface area contributed by atoms with Gasteiger partial charge in [0.05, 0.1) is 14.7 Å². The first-order valence-corrected chi connectivity index (χ1v) is 9.76. The van der Waals surface area contributed by atoms with Gasteiger partial charge < -0.3 is 5.11 Å². The van der Waals surface area contributed by atoms with Gasteiger partial charge in [0.25, 0.3) is 0 Å². The van der Waals surface area contributed by atoms with Gasteiger partial charge in [-0.05, 0) is 37.3 Å². The average Bonchev–Trinajstić information content (AvgIpc) is 2.55. The first-order chi connectivity index (χ1) is 11.1. The van der Waals surface area contributed by atoms with Gasteiger partial charge in [-0.15, -0.1) is 0 Å². The van der Waals surface area contributed by atoms with Gasteiger partial charge in [0.15, 0.2) is 0 Å². The highest BCUT2D eigenvalue weighted by molar-refractivity contribution is 7.91. The third-order valence-corrected chi connectivity index (χ3v) is 6.49. The zero-order chi connectivity index (χ0) is 18.0. The standard InChI is InChI=1S/C15H15NO6S2/c1-11(15(17)18)16-24(21,22)14-9-5-8-13(10-14)23(19,20)12-6-3-2-4-7-12/h2-11,16H,1H3,(H,17,18)/t11-/m1/s1. The normalized spacial score (nSPS) is 13.4. The van der Waals surface area contributed by atoms with E-state index in [0.717, 1.165) is 6.07 Å². The highest BCUT2D eigenvalue weighted by Gasteiger charge is 2.24. The molecule has 2 N–H and O–H groups in total. The number of sulfone groups is 1. The van der Waals surface area contributed by atoms with Crippen LogP contribution in [0.25, 0.3) is 0 Å². The predicted molar refractivity (Wildman–Crippen MR) is 85.8 cm³/mol. The molecule has 0 radical (unpaired) electrons. The molecule has 0 fully saturated rings. The molecule has 0 spiro atoms.